The Morgan fingerprint density at radius 2 is 1.88 bits per heavy atom. The van der Waals surface area contributed by atoms with Crippen molar-refractivity contribution in [2.24, 2.45) is 0 Å². The van der Waals surface area contributed by atoms with Crippen molar-refractivity contribution in [3.8, 4) is 6.07 Å². The van der Waals surface area contributed by atoms with Crippen LogP contribution in [-0.2, 0) is 0 Å². The van der Waals surface area contributed by atoms with Gasteiger partial charge in [0, 0.05) is 0 Å². The van der Waals surface area contributed by atoms with E-state index in [0.29, 0.717) is 0 Å². The molecule has 0 aliphatic heterocycles. The second kappa shape index (κ2) is 2.94. The molecule has 0 heterocycles. The lowest BCUT2D eigenvalue weighted by Crippen LogP contribution is -2.14. The molecule has 0 unspecified atom stereocenters. The third-order valence-electron chi connectivity index (χ3n) is 1.32. The van der Waals surface area contributed by atoms with Gasteiger partial charge in [-0.25, -0.2) is 0 Å². The molecule has 1 nitrogen and oxygen atoms in total. The summed E-state index contributed by atoms with van der Waals surface area (Å²) in [5.74, 6) is 0. The normalized spacial score (nSPS) is 10.8. The Labute approximate surface area is 55.3 Å². The zero-order valence-electron chi connectivity index (χ0n) is 5.24. The highest BCUT2D eigenvalue weighted by atomic mass is 35.5. The zero-order valence-corrected chi connectivity index (χ0v) is 6.00. The van der Waals surface area contributed by atoms with Crippen molar-refractivity contribution in [1.82, 2.24) is 0 Å². The molecular weight excluding hydrogens is 122 g/mol. The third-order valence-corrected chi connectivity index (χ3v) is 1.94. The lowest BCUT2D eigenvalue weighted by molar-refractivity contribution is 0.660. The molecule has 0 spiro atoms. The van der Waals surface area contributed by atoms with E-state index in [1.807, 2.05) is 19.9 Å². The van der Waals surface area contributed by atoms with Crippen molar-refractivity contribution >= 4 is 11.6 Å². The van der Waals surface area contributed by atoms with Crippen molar-refractivity contribution in [3.05, 3.63) is 0 Å². The second-order valence-electron chi connectivity index (χ2n) is 1.78. The zero-order chi connectivity index (χ0) is 6.62. The lowest BCUT2D eigenvalue weighted by atomic mass is 10.1. The van der Waals surface area contributed by atoms with Crippen LogP contribution in [0.1, 0.15) is 26.7 Å². The monoisotopic (exact) mass is 131 g/mol. The predicted molar refractivity (Wildman–Crippen MR) is 34.8 cm³/mol. The van der Waals surface area contributed by atoms with Gasteiger partial charge in [-0.3, -0.25) is 0 Å². The first-order chi connectivity index (χ1) is 3.68. The Morgan fingerprint density at radius 1 is 1.50 bits per heavy atom. The van der Waals surface area contributed by atoms with Crippen LogP contribution in [0.2, 0.25) is 0 Å². The molecule has 0 rings (SSSR count). The molecule has 8 heavy (non-hydrogen) atoms. The van der Waals surface area contributed by atoms with Gasteiger partial charge in [-0.05, 0) is 12.8 Å². The summed E-state index contributed by atoms with van der Waals surface area (Å²) in [6.07, 6.45) is 1.45. The minimum atomic E-state index is -0.597. The molecule has 0 radical (unpaired) electrons. The third kappa shape index (κ3) is 1.71. The topological polar surface area (TPSA) is 23.8 Å². The summed E-state index contributed by atoms with van der Waals surface area (Å²) in [5, 5.41) is 8.40. The Morgan fingerprint density at radius 3 is 1.88 bits per heavy atom. The summed E-state index contributed by atoms with van der Waals surface area (Å²) in [6.45, 7) is 3.83. The van der Waals surface area contributed by atoms with E-state index in [1.54, 1.807) is 0 Å². The van der Waals surface area contributed by atoms with Crippen LogP contribution in [0.5, 0.6) is 0 Å². The summed E-state index contributed by atoms with van der Waals surface area (Å²) in [6, 6.07) is 2.04. The number of hydrogen-bond acceptors (Lipinski definition) is 1. The second-order valence-corrected chi connectivity index (χ2v) is 2.51. The maximum Gasteiger partial charge on any atom is 0.130 e. The molecule has 0 bridgehead atoms. The number of hydrogen-bond donors (Lipinski definition) is 0. The van der Waals surface area contributed by atoms with Gasteiger partial charge in [0.15, 0.2) is 0 Å². The molecule has 0 aliphatic carbocycles. The average molecular weight is 132 g/mol. The fraction of sp³-hybridized carbons (Fsp3) is 0.833. The minimum absolute atomic E-state index is 0.597. The standard InChI is InChI=1S/C6H10ClN/c1-3-6(7,4-2)5-8/h3-4H2,1-2H3. The molecule has 0 fully saturated rings. The van der Waals surface area contributed by atoms with Gasteiger partial charge in [0.05, 0.1) is 6.07 Å². The molecule has 0 N–H and O–H groups in total. The molecule has 0 aliphatic rings. The Kier molecular flexibility index (Phi) is 2.86. The van der Waals surface area contributed by atoms with E-state index >= 15 is 0 Å². The summed E-state index contributed by atoms with van der Waals surface area (Å²) in [5.41, 5.74) is 0. The van der Waals surface area contributed by atoms with Crippen molar-refractivity contribution in [2.45, 2.75) is 31.6 Å². The predicted octanol–water partition coefficient (Wildman–Crippen LogP) is 2.31. The smallest absolute Gasteiger partial charge is 0.130 e. The SMILES string of the molecule is CCC(Cl)(C#N)CC. The molecule has 0 aromatic carbocycles. The van der Waals surface area contributed by atoms with Crippen LogP contribution in [0.25, 0.3) is 0 Å². The molecule has 0 saturated heterocycles. The molecule has 0 atom stereocenters. The van der Waals surface area contributed by atoms with Crippen molar-refractivity contribution in [3.63, 3.8) is 0 Å². The van der Waals surface area contributed by atoms with Crippen LogP contribution in [0.3, 0.4) is 0 Å². The van der Waals surface area contributed by atoms with Crippen LogP contribution in [-0.4, -0.2) is 4.87 Å². The fourth-order valence-corrected chi connectivity index (χ4v) is 0.408. The van der Waals surface area contributed by atoms with Crippen LogP contribution >= 0.6 is 11.6 Å². The summed E-state index contributed by atoms with van der Waals surface area (Å²) in [4.78, 5) is -0.597. The number of nitriles is 1. The van der Waals surface area contributed by atoms with Crippen molar-refractivity contribution in [2.75, 3.05) is 0 Å². The minimum Gasteiger partial charge on any atom is -0.196 e. The highest BCUT2D eigenvalue weighted by Gasteiger charge is 2.20. The maximum atomic E-state index is 8.40. The molecule has 0 aromatic rings. The van der Waals surface area contributed by atoms with Gasteiger partial charge in [-0.2, -0.15) is 5.26 Å². The Balaban J connectivity index is 3.83. The van der Waals surface area contributed by atoms with Gasteiger partial charge >= 0.3 is 0 Å². The van der Waals surface area contributed by atoms with Crippen LogP contribution in [0.4, 0.5) is 0 Å². The Hall–Kier alpha value is -0.220. The first-order valence-electron chi connectivity index (χ1n) is 2.78. The van der Waals surface area contributed by atoms with E-state index in [9.17, 15) is 0 Å². The largest absolute Gasteiger partial charge is 0.196 e. The Bertz CT molecular complexity index is 99.6. The average Bonchev–Trinajstić information content (AvgIpc) is 1.87. The lowest BCUT2D eigenvalue weighted by Gasteiger charge is -2.11. The van der Waals surface area contributed by atoms with Crippen LogP contribution in [0, 0.1) is 11.3 Å². The number of nitrogens with zero attached hydrogens (tertiary/aromatic N) is 1. The van der Waals surface area contributed by atoms with E-state index in [0.717, 1.165) is 12.8 Å². The molecule has 0 amide bonds. The highest BCUT2D eigenvalue weighted by Crippen LogP contribution is 2.21. The summed E-state index contributed by atoms with van der Waals surface area (Å²) in [7, 11) is 0. The number of alkyl halides is 1. The van der Waals surface area contributed by atoms with Crippen LogP contribution in [0.15, 0.2) is 0 Å². The summed E-state index contributed by atoms with van der Waals surface area (Å²) < 4.78 is 0. The first kappa shape index (κ1) is 7.78. The fourth-order valence-electron chi connectivity index (χ4n) is 0.408. The van der Waals surface area contributed by atoms with E-state index in [4.69, 9.17) is 16.9 Å². The molecular formula is C6H10ClN. The van der Waals surface area contributed by atoms with Gasteiger partial charge in [-0.1, -0.05) is 13.8 Å². The van der Waals surface area contributed by atoms with Gasteiger partial charge < -0.3 is 0 Å². The van der Waals surface area contributed by atoms with Gasteiger partial charge in [0.2, 0.25) is 0 Å². The molecule has 0 saturated carbocycles. The highest BCUT2D eigenvalue weighted by molar-refractivity contribution is 6.25. The number of rotatable bonds is 2. The van der Waals surface area contributed by atoms with Crippen molar-refractivity contribution in [1.29, 1.82) is 5.26 Å². The van der Waals surface area contributed by atoms with E-state index < -0.39 is 4.87 Å². The van der Waals surface area contributed by atoms with E-state index in [1.165, 1.54) is 0 Å². The van der Waals surface area contributed by atoms with Gasteiger partial charge in [-0.15, -0.1) is 11.6 Å². The van der Waals surface area contributed by atoms with E-state index in [-0.39, 0.29) is 0 Å². The van der Waals surface area contributed by atoms with E-state index in [2.05, 4.69) is 0 Å². The van der Waals surface area contributed by atoms with Crippen molar-refractivity contribution < 1.29 is 0 Å². The first-order valence-corrected chi connectivity index (χ1v) is 3.16. The van der Waals surface area contributed by atoms with Gasteiger partial charge in [0.25, 0.3) is 0 Å². The number of halogens is 1. The quantitative estimate of drug-likeness (QED) is 0.528. The molecule has 2 heteroatoms. The molecule has 46 valence electrons. The van der Waals surface area contributed by atoms with Crippen LogP contribution < -0.4 is 0 Å². The molecule has 0 aromatic heterocycles. The van der Waals surface area contributed by atoms with Gasteiger partial charge in [0.1, 0.15) is 4.87 Å². The summed E-state index contributed by atoms with van der Waals surface area (Å²) >= 11 is 5.73. The maximum absolute atomic E-state index is 8.40.